The van der Waals surface area contributed by atoms with Crippen molar-refractivity contribution < 1.29 is 14.3 Å². The number of carbonyl (C=O) groups excluding carboxylic acids is 1. The molecule has 6 nitrogen and oxygen atoms in total. The van der Waals surface area contributed by atoms with Gasteiger partial charge in [0.1, 0.15) is 5.75 Å². The van der Waals surface area contributed by atoms with Crippen LogP contribution in [-0.4, -0.2) is 60.6 Å². The smallest absolute Gasteiger partial charge is 0.223 e. The van der Waals surface area contributed by atoms with E-state index in [0.29, 0.717) is 26.2 Å². The zero-order valence-electron chi connectivity index (χ0n) is 15.6. The van der Waals surface area contributed by atoms with Crippen molar-refractivity contribution in [3.63, 3.8) is 0 Å². The van der Waals surface area contributed by atoms with E-state index in [1.807, 2.05) is 28.7 Å². The van der Waals surface area contributed by atoms with Crippen LogP contribution in [0.5, 0.6) is 5.75 Å². The van der Waals surface area contributed by atoms with Gasteiger partial charge in [0, 0.05) is 49.1 Å². The summed E-state index contributed by atoms with van der Waals surface area (Å²) >= 11 is 1.60. The molecule has 1 unspecified atom stereocenters. The van der Waals surface area contributed by atoms with E-state index in [0.717, 1.165) is 36.8 Å². The lowest BCUT2D eigenvalue weighted by Crippen LogP contribution is -2.40. The number of hydrogen-bond acceptors (Lipinski definition) is 6. The van der Waals surface area contributed by atoms with Gasteiger partial charge in [0.25, 0.3) is 0 Å². The molecule has 7 heteroatoms. The Morgan fingerprint density at radius 1 is 1.26 bits per heavy atom. The number of aromatic nitrogens is 1. The van der Waals surface area contributed by atoms with E-state index in [-0.39, 0.29) is 11.3 Å². The van der Waals surface area contributed by atoms with Crippen LogP contribution in [0.2, 0.25) is 0 Å². The summed E-state index contributed by atoms with van der Waals surface area (Å²) in [5.74, 6) is 1.09. The summed E-state index contributed by atoms with van der Waals surface area (Å²) < 4.78 is 11.2. The van der Waals surface area contributed by atoms with E-state index in [1.165, 1.54) is 5.56 Å². The first-order chi connectivity index (χ1) is 13.2. The molecule has 2 saturated heterocycles. The highest BCUT2D eigenvalue weighted by Crippen LogP contribution is 2.35. The average molecular weight is 388 g/mol. The van der Waals surface area contributed by atoms with E-state index in [9.17, 15) is 4.79 Å². The van der Waals surface area contributed by atoms with E-state index in [4.69, 9.17) is 9.47 Å². The largest absolute Gasteiger partial charge is 0.497 e. The zero-order valence-corrected chi connectivity index (χ0v) is 16.4. The van der Waals surface area contributed by atoms with Gasteiger partial charge in [0.15, 0.2) is 0 Å². The molecule has 3 heterocycles. The Balaban J connectivity index is 1.43. The van der Waals surface area contributed by atoms with Crippen LogP contribution in [0.4, 0.5) is 0 Å². The third-order valence-corrected chi connectivity index (χ3v) is 6.08. The second-order valence-electron chi connectivity index (χ2n) is 7.51. The molecule has 2 aliphatic heterocycles. The summed E-state index contributed by atoms with van der Waals surface area (Å²) in [7, 11) is 1.68. The molecule has 1 atom stereocenters. The first-order valence-corrected chi connectivity index (χ1v) is 10.1. The van der Waals surface area contributed by atoms with Crippen molar-refractivity contribution in [2.45, 2.75) is 19.5 Å². The Kier molecular flexibility index (Phi) is 5.43. The molecule has 0 saturated carbocycles. The van der Waals surface area contributed by atoms with Gasteiger partial charge in [-0.2, -0.15) is 0 Å². The fraction of sp³-hybridized carbons (Fsp3) is 0.500. The molecule has 1 aromatic heterocycles. The van der Waals surface area contributed by atoms with Crippen LogP contribution in [0.25, 0.3) is 0 Å². The van der Waals surface area contributed by atoms with Gasteiger partial charge in [-0.05, 0) is 17.7 Å². The SMILES string of the molecule is COc1ccc(CN2CCOCC3(CC(=O)N(Cc4cncs4)C3)C2)cc1. The van der Waals surface area contributed by atoms with Gasteiger partial charge in [0.05, 0.1) is 32.4 Å². The summed E-state index contributed by atoms with van der Waals surface area (Å²) in [6.45, 7) is 5.39. The maximum absolute atomic E-state index is 12.6. The number of ether oxygens (including phenoxy) is 2. The summed E-state index contributed by atoms with van der Waals surface area (Å²) in [6, 6.07) is 8.20. The standard InChI is InChI=1S/C20H25N3O3S/c1-25-17-4-2-16(3-5-17)10-22-6-7-26-14-20(12-22)8-19(24)23(13-20)11-18-9-21-15-27-18/h2-5,9,15H,6-8,10-14H2,1H3. The number of benzene rings is 1. The van der Waals surface area contributed by atoms with Gasteiger partial charge in [-0.1, -0.05) is 12.1 Å². The Morgan fingerprint density at radius 2 is 2.11 bits per heavy atom. The number of thiazole rings is 1. The van der Waals surface area contributed by atoms with Crippen LogP contribution in [-0.2, 0) is 22.6 Å². The molecule has 2 fully saturated rings. The van der Waals surface area contributed by atoms with Crippen molar-refractivity contribution in [3.05, 3.63) is 46.4 Å². The molecule has 0 bridgehead atoms. The number of nitrogens with zero attached hydrogens (tertiary/aromatic N) is 3. The summed E-state index contributed by atoms with van der Waals surface area (Å²) in [6.07, 6.45) is 2.41. The summed E-state index contributed by atoms with van der Waals surface area (Å²) in [4.78, 5) is 22.3. The third kappa shape index (κ3) is 4.31. The van der Waals surface area contributed by atoms with Crippen LogP contribution in [0.3, 0.4) is 0 Å². The average Bonchev–Trinajstić information content (AvgIpc) is 3.22. The lowest BCUT2D eigenvalue weighted by Gasteiger charge is -2.31. The minimum absolute atomic E-state index is 0.120. The zero-order chi connectivity index (χ0) is 18.7. The third-order valence-electron chi connectivity index (χ3n) is 5.32. The molecule has 0 N–H and O–H groups in total. The second-order valence-corrected chi connectivity index (χ2v) is 8.48. The van der Waals surface area contributed by atoms with Crippen molar-refractivity contribution in [2.24, 2.45) is 5.41 Å². The number of methoxy groups -OCH3 is 1. The van der Waals surface area contributed by atoms with E-state index >= 15 is 0 Å². The molecular formula is C20H25N3O3S. The first-order valence-electron chi connectivity index (χ1n) is 9.24. The van der Waals surface area contributed by atoms with Crippen LogP contribution in [0.15, 0.2) is 36.0 Å². The Hall–Kier alpha value is -1.96. The Morgan fingerprint density at radius 3 is 2.85 bits per heavy atom. The number of carbonyl (C=O) groups is 1. The quantitative estimate of drug-likeness (QED) is 0.789. The lowest BCUT2D eigenvalue weighted by molar-refractivity contribution is -0.128. The van der Waals surface area contributed by atoms with E-state index in [1.54, 1.807) is 18.4 Å². The van der Waals surface area contributed by atoms with Crippen molar-refractivity contribution in [1.29, 1.82) is 0 Å². The van der Waals surface area contributed by atoms with Crippen molar-refractivity contribution in [3.8, 4) is 5.75 Å². The van der Waals surface area contributed by atoms with E-state index in [2.05, 4.69) is 22.0 Å². The van der Waals surface area contributed by atoms with Crippen LogP contribution >= 0.6 is 11.3 Å². The van der Waals surface area contributed by atoms with Crippen LogP contribution < -0.4 is 4.74 Å². The predicted octanol–water partition coefficient (Wildman–Crippen LogP) is 2.40. The fourth-order valence-electron chi connectivity index (χ4n) is 4.04. The monoisotopic (exact) mass is 387 g/mol. The maximum Gasteiger partial charge on any atom is 0.223 e. The number of likely N-dealkylation sites (tertiary alicyclic amines) is 1. The second kappa shape index (κ2) is 7.96. The molecule has 27 heavy (non-hydrogen) atoms. The number of hydrogen-bond donors (Lipinski definition) is 0. The molecule has 0 aliphatic carbocycles. The Labute approximate surface area is 163 Å². The van der Waals surface area contributed by atoms with Gasteiger partial charge < -0.3 is 14.4 Å². The van der Waals surface area contributed by atoms with Crippen LogP contribution in [0, 0.1) is 5.41 Å². The van der Waals surface area contributed by atoms with Gasteiger partial charge in [-0.15, -0.1) is 11.3 Å². The van der Waals surface area contributed by atoms with Gasteiger partial charge in [-0.25, -0.2) is 0 Å². The summed E-state index contributed by atoms with van der Waals surface area (Å²) in [5.41, 5.74) is 2.94. The molecule has 1 aromatic carbocycles. The molecule has 4 rings (SSSR count). The highest BCUT2D eigenvalue weighted by atomic mass is 32.1. The highest BCUT2D eigenvalue weighted by molar-refractivity contribution is 7.09. The highest BCUT2D eigenvalue weighted by Gasteiger charge is 2.45. The molecule has 2 aromatic rings. The molecule has 2 aliphatic rings. The number of amides is 1. The molecule has 1 spiro atoms. The van der Waals surface area contributed by atoms with Crippen molar-refractivity contribution in [2.75, 3.05) is 40.0 Å². The Bertz CT molecular complexity index is 765. The molecule has 144 valence electrons. The van der Waals surface area contributed by atoms with Gasteiger partial charge in [-0.3, -0.25) is 14.7 Å². The maximum atomic E-state index is 12.6. The lowest BCUT2D eigenvalue weighted by atomic mass is 9.87. The van der Waals surface area contributed by atoms with Crippen molar-refractivity contribution >= 4 is 17.2 Å². The minimum Gasteiger partial charge on any atom is -0.497 e. The summed E-state index contributed by atoms with van der Waals surface area (Å²) in [5, 5.41) is 0. The van der Waals surface area contributed by atoms with Gasteiger partial charge in [0.2, 0.25) is 5.91 Å². The minimum atomic E-state index is -0.120. The molecule has 0 radical (unpaired) electrons. The first kappa shape index (κ1) is 18.4. The van der Waals surface area contributed by atoms with E-state index < -0.39 is 0 Å². The topological polar surface area (TPSA) is 54.9 Å². The van der Waals surface area contributed by atoms with Gasteiger partial charge >= 0.3 is 0 Å². The molecular weight excluding hydrogens is 362 g/mol. The van der Waals surface area contributed by atoms with Crippen LogP contribution in [0.1, 0.15) is 16.9 Å². The molecule has 1 amide bonds. The predicted molar refractivity (Wildman–Crippen MR) is 104 cm³/mol. The fourth-order valence-corrected chi connectivity index (χ4v) is 4.65. The normalized spacial score (nSPS) is 23.7. The number of rotatable bonds is 5. The van der Waals surface area contributed by atoms with Crippen molar-refractivity contribution in [1.82, 2.24) is 14.8 Å².